The van der Waals surface area contributed by atoms with E-state index < -0.39 is 23.1 Å². The highest BCUT2D eigenvalue weighted by molar-refractivity contribution is 7.21. The van der Waals surface area contributed by atoms with Gasteiger partial charge in [-0.05, 0) is 61.0 Å². The number of amides is 1. The summed E-state index contributed by atoms with van der Waals surface area (Å²) in [6, 6.07) is 15.8. The summed E-state index contributed by atoms with van der Waals surface area (Å²) in [5.41, 5.74) is 0.551. The van der Waals surface area contributed by atoms with Crippen molar-refractivity contribution >= 4 is 49.3 Å². The summed E-state index contributed by atoms with van der Waals surface area (Å²) < 4.78 is 53.7. The Labute approximate surface area is 307 Å². The smallest absolute Gasteiger partial charge is 0.269 e. The van der Waals surface area contributed by atoms with E-state index in [9.17, 15) is 14.0 Å². The summed E-state index contributed by atoms with van der Waals surface area (Å²) in [5, 5.41) is 3.80. The van der Waals surface area contributed by atoms with Crippen LogP contribution in [-0.4, -0.2) is 86.0 Å². The van der Waals surface area contributed by atoms with Crippen LogP contribution in [0.3, 0.4) is 0 Å². The molecule has 1 amide bonds. The molecule has 0 spiro atoms. The van der Waals surface area contributed by atoms with E-state index in [0.717, 1.165) is 45.3 Å². The van der Waals surface area contributed by atoms with Gasteiger partial charge in [0.05, 0.1) is 38.1 Å². The molecule has 15 heteroatoms. The fraction of sp³-hybridized carbons (Fsp3) is 0.263. The van der Waals surface area contributed by atoms with E-state index in [1.165, 1.54) is 58.4 Å². The van der Waals surface area contributed by atoms with Gasteiger partial charge in [-0.25, -0.2) is 13.8 Å². The number of nitrogens with one attached hydrogen (secondary N) is 1. The Morgan fingerprint density at radius 3 is 2.49 bits per heavy atom. The van der Waals surface area contributed by atoms with Crippen LogP contribution in [0.25, 0.3) is 26.9 Å². The molecule has 0 atom stereocenters. The van der Waals surface area contributed by atoms with Gasteiger partial charge in [-0.2, -0.15) is 0 Å². The van der Waals surface area contributed by atoms with Crippen LogP contribution in [0.15, 0.2) is 77.7 Å². The number of carbonyl (C=O) groups excluding carboxylic acids is 1. The minimum absolute atomic E-state index is 0.0941. The molecule has 1 aliphatic heterocycles. The average molecular weight is 743 g/mol. The summed E-state index contributed by atoms with van der Waals surface area (Å²) >= 11 is 1.25. The second-order valence-electron chi connectivity index (χ2n) is 12.4. The van der Waals surface area contributed by atoms with Crippen molar-refractivity contribution in [2.45, 2.75) is 6.42 Å². The first-order chi connectivity index (χ1) is 25.7. The number of hydrogen-bond acceptors (Lipinski definition) is 11. The topological polar surface area (TPSA) is 120 Å². The lowest BCUT2D eigenvalue weighted by Crippen LogP contribution is -2.37. The number of pyridine rings is 2. The molecular formula is C38H36F2N6O6S. The molecule has 0 unspecified atom stereocenters. The molecule has 4 heterocycles. The summed E-state index contributed by atoms with van der Waals surface area (Å²) in [6.45, 7) is 4.71. The predicted molar refractivity (Wildman–Crippen MR) is 200 cm³/mol. The van der Waals surface area contributed by atoms with Crippen LogP contribution in [0.4, 0.5) is 19.6 Å². The SMILES string of the molecule is COc1cc2c(Oc3ccc(NC(=O)c4cc5nc(N(C)C)sc5n(-c5ccc(F)cc5)c4=O)cc3F)ccnc2cc1OCCCN1CCOCC1. The molecule has 0 saturated carbocycles. The zero-order valence-electron chi connectivity index (χ0n) is 29.2. The van der Waals surface area contributed by atoms with Crippen LogP contribution in [0.1, 0.15) is 16.8 Å². The Balaban J connectivity index is 1.09. The number of ether oxygens (including phenoxy) is 4. The maximum absolute atomic E-state index is 15.5. The van der Waals surface area contributed by atoms with Crippen LogP contribution in [0, 0.1) is 11.6 Å². The van der Waals surface area contributed by atoms with E-state index in [-0.39, 0.29) is 17.0 Å². The van der Waals surface area contributed by atoms with Crippen molar-refractivity contribution in [3.8, 4) is 28.7 Å². The van der Waals surface area contributed by atoms with Crippen molar-refractivity contribution in [3.63, 3.8) is 0 Å². The molecule has 6 aromatic rings. The first-order valence-corrected chi connectivity index (χ1v) is 17.7. The summed E-state index contributed by atoms with van der Waals surface area (Å²) in [5.74, 6) is -0.751. The van der Waals surface area contributed by atoms with E-state index in [0.29, 0.717) is 55.9 Å². The number of aromatic nitrogens is 3. The minimum atomic E-state index is -0.772. The van der Waals surface area contributed by atoms with Crippen molar-refractivity contribution in [3.05, 3.63) is 100 Å². The van der Waals surface area contributed by atoms with E-state index in [4.69, 9.17) is 18.9 Å². The third-order valence-corrected chi connectivity index (χ3v) is 9.85. The molecule has 0 aliphatic carbocycles. The number of thiazole rings is 1. The van der Waals surface area contributed by atoms with Gasteiger partial charge in [0, 0.05) is 63.1 Å². The molecule has 1 aliphatic rings. The van der Waals surface area contributed by atoms with Crippen LogP contribution in [0.2, 0.25) is 0 Å². The van der Waals surface area contributed by atoms with Crippen LogP contribution in [0.5, 0.6) is 23.0 Å². The summed E-state index contributed by atoms with van der Waals surface area (Å²) in [7, 11) is 5.16. The van der Waals surface area contributed by atoms with Gasteiger partial charge in [-0.15, -0.1) is 0 Å². The fourth-order valence-corrected chi connectivity index (χ4v) is 6.91. The Bertz CT molecular complexity index is 2340. The lowest BCUT2D eigenvalue weighted by molar-refractivity contribution is 0.0357. The Morgan fingerprint density at radius 2 is 1.75 bits per heavy atom. The Morgan fingerprint density at radius 1 is 0.962 bits per heavy atom. The number of nitrogens with zero attached hydrogens (tertiary/aromatic N) is 5. The van der Waals surface area contributed by atoms with E-state index in [1.807, 2.05) is 14.1 Å². The van der Waals surface area contributed by atoms with Crippen molar-refractivity contribution < 1.29 is 32.5 Å². The summed E-state index contributed by atoms with van der Waals surface area (Å²) in [6.07, 6.45) is 2.39. The maximum atomic E-state index is 15.5. The second kappa shape index (κ2) is 15.5. The largest absolute Gasteiger partial charge is 0.493 e. The zero-order valence-corrected chi connectivity index (χ0v) is 30.0. The number of anilines is 2. The molecule has 0 radical (unpaired) electrons. The van der Waals surface area contributed by atoms with Crippen LogP contribution >= 0.6 is 11.3 Å². The number of methoxy groups -OCH3 is 1. The zero-order chi connectivity index (χ0) is 37.1. The number of morpholine rings is 1. The molecule has 53 heavy (non-hydrogen) atoms. The first kappa shape index (κ1) is 35.7. The van der Waals surface area contributed by atoms with E-state index in [1.54, 1.807) is 36.4 Å². The minimum Gasteiger partial charge on any atom is -0.493 e. The maximum Gasteiger partial charge on any atom is 0.269 e. The highest BCUT2D eigenvalue weighted by Gasteiger charge is 2.22. The fourth-order valence-electron chi connectivity index (χ4n) is 5.92. The number of fused-ring (bicyclic) bond motifs is 2. The van der Waals surface area contributed by atoms with Gasteiger partial charge in [-0.3, -0.25) is 24.0 Å². The van der Waals surface area contributed by atoms with Crippen molar-refractivity contribution in [1.82, 2.24) is 19.4 Å². The third kappa shape index (κ3) is 7.77. The van der Waals surface area contributed by atoms with Crippen molar-refractivity contribution in [1.29, 1.82) is 0 Å². The molecule has 274 valence electrons. The van der Waals surface area contributed by atoms with Gasteiger partial charge >= 0.3 is 0 Å². The Kier molecular flexibility index (Phi) is 10.5. The molecule has 7 rings (SSSR count). The molecule has 1 fully saturated rings. The lowest BCUT2D eigenvalue weighted by Gasteiger charge is -2.26. The molecule has 3 aromatic carbocycles. The lowest BCUT2D eigenvalue weighted by atomic mass is 10.1. The first-order valence-electron chi connectivity index (χ1n) is 16.9. The van der Waals surface area contributed by atoms with Gasteiger partial charge in [0.1, 0.15) is 27.5 Å². The second-order valence-corrected chi connectivity index (χ2v) is 13.4. The molecular weight excluding hydrogens is 707 g/mol. The van der Waals surface area contributed by atoms with Crippen LogP contribution in [-0.2, 0) is 4.74 Å². The number of rotatable bonds is 12. The Hall–Kier alpha value is -5.64. The monoisotopic (exact) mass is 742 g/mol. The third-order valence-electron chi connectivity index (χ3n) is 8.63. The molecule has 1 N–H and O–H groups in total. The van der Waals surface area contributed by atoms with Gasteiger partial charge in [0.25, 0.3) is 11.5 Å². The van der Waals surface area contributed by atoms with Gasteiger partial charge in [0.15, 0.2) is 28.2 Å². The predicted octanol–water partition coefficient (Wildman–Crippen LogP) is 6.49. The molecule has 0 bridgehead atoms. The summed E-state index contributed by atoms with van der Waals surface area (Å²) in [4.78, 5) is 40.9. The van der Waals surface area contributed by atoms with Crippen LogP contribution < -0.4 is 30.0 Å². The number of benzene rings is 3. The molecule has 1 saturated heterocycles. The van der Waals surface area contributed by atoms with E-state index >= 15 is 4.39 Å². The quantitative estimate of drug-likeness (QED) is 0.139. The average Bonchev–Trinajstić information content (AvgIpc) is 3.59. The number of halogens is 2. The molecule has 3 aromatic heterocycles. The molecule has 12 nitrogen and oxygen atoms in total. The standard InChI is InChI=1S/C38H36F2N6O6S/c1-44(2)38-43-30-20-27(36(48)46(37(30)53-38)25-8-5-23(39)6-9-25)35(47)42-24-7-10-32(28(40)19-24)52-31-11-12-41-29-22-34(33(49-3)21-26(29)31)51-16-4-13-45-14-17-50-18-15-45/h5-12,19-22H,4,13-18H2,1-3H3,(H,42,47). The number of hydrogen-bond donors (Lipinski definition) is 1. The van der Waals surface area contributed by atoms with Gasteiger partial charge in [-0.1, -0.05) is 11.3 Å². The highest BCUT2D eigenvalue weighted by atomic mass is 32.1. The van der Waals surface area contributed by atoms with Gasteiger partial charge in [0.2, 0.25) is 0 Å². The van der Waals surface area contributed by atoms with Crippen molar-refractivity contribution in [2.75, 3.05) is 70.9 Å². The van der Waals surface area contributed by atoms with Gasteiger partial charge < -0.3 is 29.2 Å². The van der Waals surface area contributed by atoms with E-state index in [2.05, 4.69) is 20.2 Å². The number of carbonyl (C=O) groups is 1. The highest BCUT2D eigenvalue weighted by Crippen LogP contribution is 2.38. The van der Waals surface area contributed by atoms with Crippen molar-refractivity contribution in [2.24, 2.45) is 0 Å². The normalized spacial score (nSPS) is 13.3.